The summed E-state index contributed by atoms with van der Waals surface area (Å²) in [4.78, 5) is 14.9. The Kier molecular flexibility index (Phi) is 7.00. The lowest BCUT2D eigenvalue weighted by atomic mass is 9.87. The largest absolute Gasteiger partial charge is 0.410 e. The molecular formula is C41H27N5O. The fourth-order valence-corrected chi connectivity index (χ4v) is 6.08. The molecule has 8 rings (SSSR count). The second-order valence-corrected chi connectivity index (χ2v) is 11.3. The number of nitrogens with zero attached hydrogens (tertiary/aromatic N) is 4. The van der Waals surface area contributed by atoms with Crippen LogP contribution in [-0.2, 0) is 0 Å². The van der Waals surface area contributed by atoms with E-state index in [-0.39, 0.29) is 11.4 Å². The molecule has 0 saturated heterocycles. The molecule has 2 N–H and O–H groups in total. The van der Waals surface area contributed by atoms with Gasteiger partial charge in [-0.2, -0.15) is 0 Å². The lowest BCUT2D eigenvalue weighted by Gasteiger charge is -2.19. The Labute approximate surface area is 271 Å². The van der Waals surface area contributed by atoms with Crippen molar-refractivity contribution in [2.75, 3.05) is 0 Å². The molecule has 2 aromatic heterocycles. The van der Waals surface area contributed by atoms with E-state index in [1.807, 2.05) is 97.1 Å². The minimum atomic E-state index is 0.149. The SMILES string of the molecule is N=C1C=Cc2c(-c3ccccc3)nc3ccc(-c4ccc(-c5cc(-c6ccccc6)nc(-c6ccccc6)n5)cc4)cc3c2/C1=N/O. The van der Waals surface area contributed by atoms with Crippen LogP contribution in [0.25, 0.3) is 73.3 Å². The highest BCUT2D eigenvalue weighted by Crippen LogP contribution is 2.36. The predicted molar refractivity (Wildman–Crippen MR) is 190 cm³/mol. The third kappa shape index (κ3) is 5.18. The molecule has 222 valence electrons. The molecule has 6 heteroatoms. The smallest absolute Gasteiger partial charge is 0.160 e. The Morgan fingerprint density at radius 1 is 0.511 bits per heavy atom. The van der Waals surface area contributed by atoms with Crippen molar-refractivity contribution < 1.29 is 5.21 Å². The van der Waals surface area contributed by atoms with E-state index in [9.17, 15) is 5.21 Å². The lowest BCUT2D eigenvalue weighted by Crippen LogP contribution is -2.19. The van der Waals surface area contributed by atoms with Crippen molar-refractivity contribution in [2.24, 2.45) is 5.16 Å². The van der Waals surface area contributed by atoms with Crippen LogP contribution in [0.15, 0.2) is 151 Å². The van der Waals surface area contributed by atoms with Crippen LogP contribution in [0.1, 0.15) is 11.1 Å². The van der Waals surface area contributed by atoms with Crippen molar-refractivity contribution in [3.8, 4) is 56.3 Å². The van der Waals surface area contributed by atoms with Gasteiger partial charge in [-0.15, -0.1) is 0 Å². The maximum Gasteiger partial charge on any atom is 0.160 e. The minimum absolute atomic E-state index is 0.149. The van der Waals surface area contributed by atoms with Crippen LogP contribution in [0.2, 0.25) is 0 Å². The van der Waals surface area contributed by atoms with Crippen molar-refractivity contribution in [1.29, 1.82) is 5.41 Å². The van der Waals surface area contributed by atoms with E-state index in [0.29, 0.717) is 11.4 Å². The molecule has 0 unspecified atom stereocenters. The van der Waals surface area contributed by atoms with E-state index >= 15 is 0 Å². The van der Waals surface area contributed by atoms with Gasteiger partial charge in [-0.1, -0.05) is 126 Å². The van der Waals surface area contributed by atoms with Gasteiger partial charge in [0.2, 0.25) is 0 Å². The van der Waals surface area contributed by atoms with Gasteiger partial charge in [0.25, 0.3) is 0 Å². The van der Waals surface area contributed by atoms with Crippen molar-refractivity contribution in [2.45, 2.75) is 0 Å². The molecule has 1 aliphatic carbocycles. The van der Waals surface area contributed by atoms with Crippen molar-refractivity contribution in [3.63, 3.8) is 0 Å². The second kappa shape index (κ2) is 11.8. The number of hydrogen-bond donors (Lipinski definition) is 2. The molecule has 47 heavy (non-hydrogen) atoms. The topological polar surface area (TPSA) is 95.1 Å². The first kappa shape index (κ1) is 28.0. The molecule has 0 fully saturated rings. The number of rotatable bonds is 5. The summed E-state index contributed by atoms with van der Waals surface area (Å²) in [7, 11) is 0. The summed E-state index contributed by atoms with van der Waals surface area (Å²) < 4.78 is 0. The first-order valence-corrected chi connectivity index (χ1v) is 15.3. The van der Waals surface area contributed by atoms with Crippen LogP contribution >= 0.6 is 0 Å². The zero-order valence-corrected chi connectivity index (χ0v) is 25.2. The molecule has 6 nitrogen and oxygen atoms in total. The van der Waals surface area contributed by atoms with Crippen LogP contribution in [0.5, 0.6) is 0 Å². The average Bonchev–Trinajstić information content (AvgIpc) is 3.15. The summed E-state index contributed by atoms with van der Waals surface area (Å²) in [6.07, 6.45) is 3.54. The van der Waals surface area contributed by atoms with Crippen LogP contribution in [0, 0.1) is 5.41 Å². The summed E-state index contributed by atoms with van der Waals surface area (Å²) in [5.41, 5.74) is 11.1. The van der Waals surface area contributed by atoms with E-state index in [0.717, 1.165) is 66.9 Å². The quantitative estimate of drug-likeness (QED) is 0.151. The van der Waals surface area contributed by atoms with Crippen molar-refractivity contribution in [1.82, 2.24) is 15.0 Å². The molecule has 0 amide bonds. The van der Waals surface area contributed by atoms with Crippen molar-refractivity contribution >= 4 is 28.4 Å². The van der Waals surface area contributed by atoms with E-state index < -0.39 is 0 Å². The summed E-state index contributed by atoms with van der Waals surface area (Å²) in [5, 5.41) is 22.9. The van der Waals surface area contributed by atoms with Crippen LogP contribution in [0.3, 0.4) is 0 Å². The van der Waals surface area contributed by atoms with Gasteiger partial charge in [-0.05, 0) is 41.5 Å². The van der Waals surface area contributed by atoms with Gasteiger partial charge in [0, 0.05) is 38.8 Å². The van der Waals surface area contributed by atoms with Gasteiger partial charge in [0.05, 0.1) is 28.3 Å². The number of pyridine rings is 1. The summed E-state index contributed by atoms with van der Waals surface area (Å²) in [5.74, 6) is 0.675. The average molecular weight is 606 g/mol. The Bertz CT molecular complexity index is 2290. The zero-order chi connectivity index (χ0) is 31.7. The molecule has 0 bridgehead atoms. The molecule has 7 aromatic rings. The molecule has 1 aliphatic rings. The fourth-order valence-electron chi connectivity index (χ4n) is 6.08. The number of allylic oxidation sites excluding steroid dienone is 1. The predicted octanol–water partition coefficient (Wildman–Crippen LogP) is 9.58. The van der Waals surface area contributed by atoms with Gasteiger partial charge in [-0.25, -0.2) is 15.0 Å². The number of fused-ring (bicyclic) bond motifs is 3. The normalized spacial score (nSPS) is 13.2. The molecule has 0 saturated carbocycles. The van der Waals surface area contributed by atoms with Crippen LogP contribution in [0.4, 0.5) is 0 Å². The monoisotopic (exact) mass is 605 g/mol. The molecule has 0 atom stereocenters. The molecule has 0 aliphatic heterocycles. The standard InChI is InChI=1S/C41H27N5O/c42-34-22-21-32-38(40(34)46-47)33-24-31(20-23-35(33)43-39(32)29-12-6-2-7-13-29)26-16-18-28(19-17-26)37-25-36(27-10-4-1-5-11-27)44-41(45-37)30-14-8-3-9-15-30/h1-25,42,47H/b42-34?,46-40+. The first-order chi connectivity index (χ1) is 23.2. The molecule has 2 heterocycles. The third-order valence-electron chi connectivity index (χ3n) is 8.42. The van der Waals surface area contributed by atoms with Gasteiger partial charge in [0.15, 0.2) is 5.82 Å². The number of aromatic nitrogens is 3. The Morgan fingerprint density at radius 3 is 1.70 bits per heavy atom. The number of oxime groups is 1. The van der Waals surface area contributed by atoms with Gasteiger partial charge in [-0.3, -0.25) is 5.41 Å². The Balaban J connectivity index is 1.22. The number of nitrogens with one attached hydrogen (secondary N) is 1. The fraction of sp³-hybridized carbons (Fsp3) is 0. The minimum Gasteiger partial charge on any atom is -0.410 e. The molecular weight excluding hydrogens is 578 g/mol. The van der Waals surface area contributed by atoms with E-state index in [1.54, 1.807) is 6.08 Å². The maximum atomic E-state index is 10.0. The molecule has 5 aromatic carbocycles. The third-order valence-corrected chi connectivity index (χ3v) is 8.42. The zero-order valence-electron chi connectivity index (χ0n) is 25.2. The van der Waals surface area contributed by atoms with Crippen molar-refractivity contribution in [3.05, 3.63) is 157 Å². The van der Waals surface area contributed by atoms with E-state index in [4.69, 9.17) is 20.4 Å². The van der Waals surface area contributed by atoms with E-state index in [2.05, 4.69) is 53.7 Å². The Morgan fingerprint density at radius 2 is 1.06 bits per heavy atom. The Hall–Kier alpha value is -6.53. The molecule has 0 radical (unpaired) electrons. The molecule has 0 spiro atoms. The maximum absolute atomic E-state index is 10.0. The number of hydrogen-bond acceptors (Lipinski definition) is 6. The van der Waals surface area contributed by atoms with E-state index in [1.165, 1.54) is 0 Å². The summed E-state index contributed by atoms with van der Waals surface area (Å²) >= 11 is 0. The van der Waals surface area contributed by atoms with Gasteiger partial charge < -0.3 is 5.21 Å². The second-order valence-electron chi connectivity index (χ2n) is 11.3. The van der Waals surface area contributed by atoms with Crippen LogP contribution in [-0.4, -0.2) is 31.6 Å². The summed E-state index contributed by atoms with van der Waals surface area (Å²) in [6, 6.07) is 46.6. The highest BCUT2D eigenvalue weighted by Gasteiger charge is 2.25. The first-order valence-electron chi connectivity index (χ1n) is 15.3. The highest BCUT2D eigenvalue weighted by atomic mass is 16.4. The lowest BCUT2D eigenvalue weighted by molar-refractivity contribution is 0.320. The van der Waals surface area contributed by atoms with Crippen LogP contribution < -0.4 is 0 Å². The highest BCUT2D eigenvalue weighted by molar-refractivity contribution is 6.55. The van der Waals surface area contributed by atoms with Gasteiger partial charge >= 0.3 is 0 Å². The summed E-state index contributed by atoms with van der Waals surface area (Å²) in [6.45, 7) is 0. The van der Waals surface area contributed by atoms with Gasteiger partial charge in [0.1, 0.15) is 5.71 Å². The number of benzene rings is 5.